The van der Waals surface area contributed by atoms with Gasteiger partial charge in [0, 0.05) is 6.08 Å². The van der Waals surface area contributed by atoms with Crippen LogP contribution >= 0.6 is 0 Å². The second kappa shape index (κ2) is 9.18. The SMILES string of the molecule is CCS(=O)(=O)c1ccc(C(=O)Oc2ccc(/C=C/C(=O)OC)cc2OC)cc1. The maximum absolute atomic E-state index is 12.3. The molecule has 0 amide bonds. The lowest BCUT2D eigenvalue weighted by atomic mass is 10.2. The van der Waals surface area contributed by atoms with Gasteiger partial charge >= 0.3 is 11.9 Å². The Morgan fingerprint density at radius 2 is 1.68 bits per heavy atom. The summed E-state index contributed by atoms with van der Waals surface area (Å²) in [5.74, 6) is -0.691. The Kier molecular flexibility index (Phi) is 6.94. The molecule has 0 aromatic heterocycles. The average Bonchev–Trinajstić information content (AvgIpc) is 2.72. The Labute approximate surface area is 163 Å². The number of sulfone groups is 1. The minimum atomic E-state index is -3.34. The van der Waals surface area contributed by atoms with Gasteiger partial charge in [-0.2, -0.15) is 0 Å². The summed E-state index contributed by atoms with van der Waals surface area (Å²) in [5, 5.41) is 0. The molecular formula is C20H20O7S. The molecule has 148 valence electrons. The van der Waals surface area contributed by atoms with E-state index >= 15 is 0 Å². The molecule has 2 rings (SSSR count). The number of rotatable bonds is 7. The molecule has 7 nitrogen and oxygen atoms in total. The van der Waals surface area contributed by atoms with E-state index in [2.05, 4.69) is 4.74 Å². The molecule has 0 aliphatic rings. The van der Waals surface area contributed by atoms with Crippen LogP contribution in [0.2, 0.25) is 0 Å². The van der Waals surface area contributed by atoms with Gasteiger partial charge in [0.1, 0.15) is 0 Å². The van der Waals surface area contributed by atoms with Crippen LogP contribution in [0.4, 0.5) is 0 Å². The number of methoxy groups -OCH3 is 2. The quantitative estimate of drug-likeness (QED) is 0.398. The fraction of sp³-hybridized carbons (Fsp3) is 0.200. The lowest BCUT2D eigenvalue weighted by Crippen LogP contribution is -2.10. The Bertz CT molecular complexity index is 990. The fourth-order valence-corrected chi connectivity index (χ4v) is 3.11. The minimum absolute atomic E-state index is 0.0231. The van der Waals surface area contributed by atoms with Crippen LogP contribution in [0.1, 0.15) is 22.8 Å². The third-order valence-corrected chi connectivity index (χ3v) is 5.58. The van der Waals surface area contributed by atoms with E-state index in [-0.39, 0.29) is 22.0 Å². The highest BCUT2D eigenvalue weighted by Crippen LogP contribution is 2.29. The predicted octanol–water partition coefficient (Wildman–Crippen LogP) is 2.89. The minimum Gasteiger partial charge on any atom is -0.493 e. The summed E-state index contributed by atoms with van der Waals surface area (Å²) in [6.45, 7) is 1.55. The Morgan fingerprint density at radius 1 is 1.00 bits per heavy atom. The lowest BCUT2D eigenvalue weighted by Gasteiger charge is -2.10. The molecule has 0 spiro atoms. The van der Waals surface area contributed by atoms with Crippen molar-refractivity contribution < 1.29 is 32.2 Å². The summed E-state index contributed by atoms with van der Waals surface area (Å²) in [6, 6.07) is 10.3. The fourth-order valence-electron chi connectivity index (χ4n) is 2.23. The third kappa shape index (κ3) is 5.20. The highest BCUT2D eigenvalue weighted by Gasteiger charge is 2.15. The molecule has 0 saturated carbocycles. The summed E-state index contributed by atoms with van der Waals surface area (Å²) in [4.78, 5) is 23.7. The van der Waals surface area contributed by atoms with Crippen LogP contribution in [0.5, 0.6) is 11.5 Å². The van der Waals surface area contributed by atoms with Gasteiger partial charge in [0.05, 0.1) is 30.4 Å². The molecule has 0 saturated heterocycles. The van der Waals surface area contributed by atoms with Gasteiger partial charge in [0.25, 0.3) is 0 Å². The zero-order chi connectivity index (χ0) is 20.7. The number of carbonyl (C=O) groups excluding carboxylic acids is 2. The molecule has 0 radical (unpaired) electrons. The van der Waals surface area contributed by atoms with Crippen LogP contribution in [0.15, 0.2) is 53.4 Å². The summed E-state index contributed by atoms with van der Waals surface area (Å²) in [6.07, 6.45) is 2.79. The highest BCUT2D eigenvalue weighted by molar-refractivity contribution is 7.91. The first-order valence-corrected chi connectivity index (χ1v) is 9.95. The van der Waals surface area contributed by atoms with Crippen molar-refractivity contribution in [1.82, 2.24) is 0 Å². The standard InChI is InChI=1S/C20H20O7S/c1-4-28(23,24)16-9-7-15(8-10-16)20(22)27-17-11-5-14(13-18(17)25-2)6-12-19(21)26-3/h5-13H,4H2,1-3H3/b12-6+. The Morgan fingerprint density at radius 3 is 2.25 bits per heavy atom. The van der Waals surface area contributed by atoms with E-state index in [1.165, 1.54) is 56.7 Å². The van der Waals surface area contributed by atoms with Crippen LogP contribution in [-0.2, 0) is 19.4 Å². The topological polar surface area (TPSA) is 96.0 Å². The van der Waals surface area contributed by atoms with Crippen LogP contribution in [0.25, 0.3) is 6.08 Å². The van der Waals surface area contributed by atoms with Gasteiger partial charge in [0.15, 0.2) is 21.3 Å². The molecule has 2 aromatic carbocycles. The van der Waals surface area contributed by atoms with Gasteiger partial charge < -0.3 is 14.2 Å². The molecule has 0 heterocycles. The van der Waals surface area contributed by atoms with Gasteiger partial charge in [-0.05, 0) is 48.0 Å². The Hall–Kier alpha value is -3.13. The number of benzene rings is 2. The van der Waals surface area contributed by atoms with Crippen molar-refractivity contribution in [2.24, 2.45) is 0 Å². The van der Waals surface area contributed by atoms with E-state index in [1.54, 1.807) is 19.1 Å². The molecular weight excluding hydrogens is 384 g/mol. The van der Waals surface area contributed by atoms with Gasteiger partial charge in [-0.3, -0.25) is 0 Å². The number of ether oxygens (including phenoxy) is 3. The van der Waals surface area contributed by atoms with Gasteiger partial charge in [-0.1, -0.05) is 13.0 Å². The largest absolute Gasteiger partial charge is 0.493 e. The van der Waals surface area contributed by atoms with Gasteiger partial charge in [0.2, 0.25) is 0 Å². The van der Waals surface area contributed by atoms with Crippen molar-refractivity contribution in [3.05, 3.63) is 59.7 Å². The number of hydrogen-bond donors (Lipinski definition) is 0. The molecule has 0 fully saturated rings. The first-order valence-electron chi connectivity index (χ1n) is 8.29. The average molecular weight is 404 g/mol. The highest BCUT2D eigenvalue weighted by atomic mass is 32.2. The first kappa shape index (κ1) is 21.2. The molecule has 0 bridgehead atoms. The van der Waals surface area contributed by atoms with E-state index in [0.29, 0.717) is 11.3 Å². The van der Waals surface area contributed by atoms with Crippen molar-refractivity contribution in [3.8, 4) is 11.5 Å². The predicted molar refractivity (Wildman–Crippen MR) is 103 cm³/mol. The molecule has 0 N–H and O–H groups in total. The monoisotopic (exact) mass is 404 g/mol. The van der Waals surface area contributed by atoms with Crippen molar-refractivity contribution in [3.63, 3.8) is 0 Å². The zero-order valence-corrected chi connectivity index (χ0v) is 16.5. The molecule has 28 heavy (non-hydrogen) atoms. The Balaban J connectivity index is 2.19. The van der Waals surface area contributed by atoms with Crippen molar-refractivity contribution in [2.75, 3.05) is 20.0 Å². The van der Waals surface area contributed by atoms with Gasteiger partial charge in [-0.15, -0.1) is 0 Å². The van der Waals surface area contributed by atoms with Crippen LogP contribution in [0, 0.1) is 0 Å². The summed E-state index contributed by atoms with van der Waals surface area (Å²) < 4.78 is 38.8. The van der Waals surface area contributed by atoms with E-state index in [9.17, 15) is 18.0 Å². The van der Waals surface area contributed by atoms with Crippen LogP contribution in [-0.4, -0.2) is 40.3 Å². The molecule has 0 unspecified atom stereocenters. The summed E-state index contributed by atoms with van der Waals surface area (Å²) in [7, 11) is -0.641. The summed E-state index contributed by atoms with van der Waals surface area (Å²) >= 11 is 0. The number of esters is 2. The normalized spacial score (nSPS) is 11.2. The second-order valence-electron chi connectivity index (χ2n) is 5.58. The molecule has 0 aliphatic heterocycles. The number of carbonyl (C=O) groups is 2. The summed E-state index contributed by atoms with van der Waals surface area (Å²) in [5.41, 5.74) is 0.850. The second-order valence-corrected chi connectivity index (χ2v) is 7.86. The number of hydrogen-bond acceptors (Lipinski definition) is 7. The maximum atomic E-state index is 12.3. The smallest absolute Gasteiger partial charge is 0.343 e. The molecule has 0 atom stereocenters. The van der Waals surface area contributed by atoms with Gasteiger partial charge in [-0.25, -0.2) is 18.0 Å². The molecule has 0 aliphatic carbocycles. The third-order valence-electron chi connectivity index (χ3n) is 3.83. The van der Waals surface area contributed by atoms with Crippen molar-refractivity contribution in [2.45, 2.75) is 11.8 Å². The molecule has 2 aromatic rings. The van der Waals surface area contributed by atoms with E-state index in [0.717, 1.165) is 0 Å². The van der Waals surface area contributed by atoms with E-state index in [4.69, 9.17) is 9.47 Å². The first-order chi connectivity index (χ1) is 13.3. The zero-order valence-electron chi connectivity index (χ0n) is 15.7. The van der Waals surface area contributed by atoms with Crippen LogP contribution in [0.3, 0.4) is 0 Å². The maximum Gasteiger partial charge on any atom is 0.343 e. The van der Waals surface area contributed by atoms with Crippen molar-refractivity contribution in [1.29, 1.82) is 0 Å². The lowest BCUT2D eigenvalue weighted by molar-refractivity contribution is -0.134. The van der Waals surface area contributed by atoms with Crippen molar-refractivity contribution >= 4 is 27.9 Å². The van der Waals surface area contributed by atoms with Crippen LogP contribution < -0.4 is 9.47 Å². The van der Waals surface area contributed by atoms with E-state index < -0.39 is 21.8 Å². The molecule has 8 heteroatoms. The van der Waals surface area contributed by atoms with E-state index in [1.807, 2.05) is 0 Å².